The molecule has 4 heteroatoms. The fourth-order valence-corrected chi connectivity index (χ4v) is 9.12. The number of benzene rings is 8. The molecule has 3 heterocycles. The van der Waals surface area contributed by atoms with Gasteiger partial charge in [-0.25, -0.2) is 0 Å². The molecule has 0 amide bonds. The Kier molecular flexibility index (Phi) is 5.83. The van der Waals surface area contributed by atoms with E-state index >= 15 is 0 Å². The van der Waals surface area contributed by atoms with E-state index in [4.69, 9.17) is 4.42 Å². The third-order valence-corrected chi connectivity index (χ3v) is 11.3. The van der Waals surface area contributed by atoms with Gasteiger partial charge in [-0.3, -0.25) is 0 Å². The number of para-hydroxylation sites is 3. The Labute approximate surface area is 291 Å². The average Bonchev–Trinajstić information content (AvgIpc) is 3.85. The van der Waals surface area contributed by atoms with Crippen molar-refractivity contribution >= 4 is 103 Å². The van der Waals surface area contributed by atoms with Gasteiger partial charge in [0.1, 0.15) is 5.58 Å². The fourth-order valence-electron chi connectivity index (χ4n) is 7.99. The molecule has 0 unspecified atom stereocenters. The molecule has 3 nitrogen and oxygen atoms in total. The largest absolute Gasteiger partial charge is 0.453 e. The van der Waals surface area contributed by atoms with E-state index < -0.39 is 0 Å². The first kappa shape index (κ1) is 27.6. The van der Waals surface area contributed by atoms with Crippen LogP contribution in [0.4, 0.5) is 17.1 Å². The molecule has 3 aromatic heterocycles. The minimum Gasteiger partial charge on any atom is -0.453 e. The van der Waals surface area contributed by atoms with E-state index in [9.17, 15) is 0 Å². The van der Waals surface area contributed by atoms with E-state index in [2.05, 4.69) is 179 Å². The van der Waals surface area contributed by atoms with Gasteiger partial charge in [-0.05, 0) is 66.0 Å². The molecule has 0 bridgehead atoms. The first-order valence-corrected chi connectivity index (χ1v) is 17.8. The second-order valence-electron chi connectivity index (χ2n) is 12.9. The van der Waals surface area contributed by atoms with Crippen molar-refractivity contribution in [2.45, 2.75) is 0 Å². The maximum absolute atomic E-state index is 6.99. The number of fused-ring (bicyclic) bond motifs is 11. The Balaban J connectivity index is 1.26. The van der Waals surface area contributed by atoms with Crippen LogP contribution in [0.2, 0.25) is 0 Å². The Bertz CT molecular complexity index is 3110. The minimum atomic E-state index is 0.874. The second kappa shape index (κ2) is 10.6. The van der Waals surface area contributed by atoms with Crippen LogP contribution in [0.1, 0.15) is 0 Å². The molecule has 0 saturated carbocycles. The van der Waals surface area contributed by atoms with Crippen LogP contribution in [-0.4, -0.2) is 4.57 Å². The molecule has 8 aromatic carbocycles. The standard InChI is InChI=1S/C46H28N2OS/c1-2-13-30(14-3-1)47-38-19-8-6-16-33(38)34-27-25-31(28-41(34)47)48(39-20-11-23-43-44(39)37-17-7-9-22-42(37)50-43)40-21-10-18-35-36-26-24-29-12-4-5-15-32(29)45(36)49-46(35)40/h1-28H. The quantitative estimate of drug-likeness (QED) is 0.188. The van der Waals surface area contributed by atoms with Crippen molar-refractivity contribution < 1.29 is 4.42 Å². The molecule has 0 saturated heterocycles. The summed E-state index contributed by atoms with van der Waals surface area (Å²) in [5, 5.41) is 9.49. The zero-order valence-electron chi connectivity index (χ0n) is 26.9. The molecule has 0 aliphatic carbocycles. The molecule has 0 aliphatic rings. The Morgan fingerprint density at radius 3 is 2.02 bits per heavy atom. The molecule has 0 atom stereocenters. The Morgan fingerprint density at radius 2 is 1.10 bits per heavy atom. The zero-order chi connectivity index (χ0) is 32.8. The van der Waals surface area contributed by atoms with Gasteiger partial charge in [-0.2, -0.15) is 0 Å². The summed E-state index contributed by atoms with van der Waals surface area (Å²) in [4.78, 5) is 2.42. The van der Waals surface area contributed by atoms with Crippen molar-refractivity contribution in [1.82, 2.24) is 4.57 Å². The predicted molar refractivity (Wildman–Crippen MR) is 213 cm³/mol. The highest BCUT2D eigenvalue weighted by Gasteiger charge is 2.24. The van der Waals surface area contributed by atoms with Crippen LogP contribution in [0.15, 0.2) is 174 Å². The fraction of sp³-hybridized carbons (Fsp3) is 0. The van der Waals surface area contributed by atoms with Gasteiger partial charge in [0.05, 0.1) is 22.4 Å². The van der Waals surface area contributed by atoms with Crippen LogP contribution >= 0.6 is 11.3 Å². The molecular weight excluding hydrogens is 629 g/mol. The maximum atomic E-state index is 6.99. The molecule has 11 rings (SSSR count). The Hall–Kier alpha value is -6.36. The topological polar surface area (TPSA) is 21.3 Å². The number of thiophene rings is 1. The monoisotopic (exact) mass is 656 g/mol. The van der Waals surface area contributed by atoms with Crippen LogP contribution < -0.4 is 4.90 Å². The van der Waals surface area contributed by atoms with Crippen molar-refractivity contribution in [1.29, 1.82) is 0 Å². The number of hydrogen-bond acceptors (Lipinski definition) is 3. The number of rotatable bonds is 4. The summed E-state index contributed by atoms with van der Waals surface area (Å²) >= 11 is 1.84. The summed E-state index contributed by atoms with van der Waals surface area (Å²) in [6, 6.07) is 61.2. The summed E-state index contributed by atoms with van der Waals surface area (Å²) in [6.45, 7) is 0. The minimum absolute atomic E-state index is 0.874. The highest BCUT2D eigenvalue weighted by atomic mass is 32.1. The van der Waals surface area contributed by atoms with Gasteiger partial charge in [0.2, 0.25) is 0 Å². The lowest BCUT2D eigenvalue weighted by molar-refractivity contribution is 0.673. The number of anilines is 3. The van der Waals surface area contributed by atoms with Gasteiger partial charge < -0.3 is 13.9 Å². The van der Waals surface area contributed by atoms with Gasteiger partial charge in [-0.15, -0.1) is 11.3 Å². The van der Waals surface area contributed by atoms with Crippen LogP contribution in [-0.2, 0) is 0 Å². The van der Waals surface area contributed by atoms with Gasteiger partial charge >= 0.3 is 0 Å². The summed E-state index contributed by atoms with van der Waals surface area (Å²) in [6.07, 6.45) is 0. The van der Waals surface area contributed by atoms with Crippen LogP contribution in [0.3, 0.4) is 0 Å². The first-order chi connectivity index (χ1) is 24.8. The van der Waals surface area contributed by atoms with Crippen molar-refractivity contribution in [3.05, 3.63) is 170 Å². The second-order valence-corrected chi connectivity index (χ2v) is 14.0. The van der Waals surface area contributed by atoms with E-state index in [0.717, 1.165) is 55.6 Å². The highest BCUT2D eigenvalue weighted by molar-refractivity contribution is 7.26. The number of nitrogens with zero attached hydrogens (tertiary/aromatic N) is 2. The summed E-state index contributed by atoms with van der Waals surface area (Å²) in [5.41, 5.74) is 8.48. The molecule has 0 spiro atoms. The lowest BCUT2D eigenvalue weighted by Gasteiger charge is -2.27. The smallest absolute Gasteiger partial charge is 0.159 e. The molecule has 0 N–H and O–H groups in total. The summed E-state index contributed by atoms with van der Waals surface area (Å²) in [5.74, 6) is 0. The number of aromatic nitrogens is 1. The van der Waals surface area contributed by atoms with E-state index in [0.29, 0.717) is 0 Å². The van der Waals surface area contributed by atoms with Crippen molar-refractivity contribution in [3.63, 3.8) is 0 Å². The van der Waals surface area contributed by atoms with E-state index in [-0.39, 0.29) is 0 Å². The lowest BCUT2D eigenvalue weighted by Crippen LogP contribution is -2.11. The number of hydrogen-bond donors (Lipinski definition) is 0. The molecule has 0 fully saturated rings. The van der Waals surface area contributed by atoms with Gasteiger partial charge in [-0.1, -0.05) is 109 Å². The summed E-state index contributed by atoms with van der Waals surface area (Å²) in [7, 11) is 0. The average molecular weight is 657 g/mol. The van der Waals surface area contributed by atoms with E-state index in [1.54, 1.807) is 0 Å². The SMILES string of the molecule is c1ccc(-n2c3ccccc3c3ccc(N(c4cccc5c4oc4c6ccccc6ccc54)c4cccc5sc6ccccc6c45)cc32)cc1. The van der Waals surface area contributed by atoms with E-state index in [1.165, 1.54) is 41.8 Å². The first-order valence-electron chi connectivity index (χ1n) is 16.9. The lowest BCUT2D eigenvalue weighted by atomic mass is 10.0. The van der Waals surface area contributed by atoms with Crippen molar-refractivity contribution in [3.8, 4) is 5.69 Å². The zero-order valence-corrected chi connectivity index (χ0v) is 27.7. The van der Waals surface area contributed by atoms with E-state index in [1.807, 2.05) is 11.3 Å². The molecule has 11 aromatic rings. The predicted octanol–water partition coefficient (Wildman–Crippen LogP) is 13.7. The molecule has 234 valence electrons. The summed E-state index contributed by atoms with van der Waals surface area (Å²) < 4.78 is 11.9. The van der Waals surface area contributed by atoms with Crippen molar-refractivity contribution in [2.24, 2.45) is 0 Å². The van der Waals surface area contributed by atoms with Crippen LogP contribution in [0.25, 0.3) is 80.4 Å². The third-order valence-electron chi connectivity index (χ3n) is 10.2. The van der Waals surface area contributed by atoms with Gasteiger partial charge in [0.15, 0.2) is 5.58 Å². The molecule has 0 radical (unpaired) electrons. The number of furan rings is 1. The molecule has 0 aliphatic heterocycles. The van der Waals surface area contributed by atoms with Crippen molar-refractivity contribution in [2.75, 3.05) is 4.90 Å². The van der Waals surface area contributed by atoms with Gasteiger partial charge in [0.25, 0.3) is 0 Å². The van der Waals surface area contributed by atoms with Gasteiger partial charge in [0, 0.05) is 58.5 Å². The van der Waals surface area contributed by atoms with Crippen LogP contribution in [0, 0.1) is 0 Å². The third kappa shape index (κ3) is 3.91. The molecular formula is C46H28N2OS. The molecule has 50 heavy (non-hydrogen) atoms. The maximum Gasteiger partial charge on any atom is 0.159 e. The highest BCUT2D eigenvalue weighted by Crippen LogP contribution is 2.49. The Morgan fingerprint density at radius 1 is 0.440 bits per heavy atom. The normalized spacial score (nSPS) is 12.0. The van der Waals surface area contributed by atoms with Crippen LogP contribution in [0.5, 0.6) is 0 Å².